The average Bonchev–Trinajstić information content (AvgIpc) is 2.40. The number of hydrogen-bond donors (Lipinski definition) is 1. The highest BCUT2D eigenvalue weighted by Gasteiger charge is 2.09. The second kappa shape index (κ2) is 8.11. The fourth-order valence-electron chi connectivity index (χ4n) is 2.03. The van der Waals surface area contributed by atoms with Crippen LogP contribution in [0.25, 0.3) is 0 Å². The Morgan fingerprint density at radius 3 is 2.56 bits per heavy atom. The highest BCUT2D eigenvalue weighted by Crippen LogP contribution is 2.20. The smallest absolute Gasteiger partial charge is 0.119 e. The van der Waals surface area contributed by atoms with Crippen molar-refractivity contribution >= 4 is 0 Å². The molecule has 0 bridgehead atoms. The molecule has 1 rings (SSSR count). The predicted molar refractivity (Wildman–Crippen MR) is 76.9 cm³/mol. The van der Waals surface area contributed by atoms with Gasteiger partial charge in [0.05, 0.1) is 6.61 Å². The number of ether oxygens (including phenoxy) is 1. The first-order valence-corrected chi connectivity index (χ1v) is 6.91. The Kier molecular flexibility index (Phi) is 6.76. The Morgan fingerprint density at radius 2 is 1.94 bits per heavy atom. The summed E-state index contributed by atoms with van der Waals surface area (Å²) in [6, 6.07) is 8.21. The Hall–Kier alpha value is -1.06. The molecule has 2 N–H and O–H groups in total. The van der Waals surface area contributed by atoms with Crippen LogP contribution in [-0.4, -0.2) is 31.1 Å². The quantitative estimate of drug-likeness (QED) is 0.771. The van der Waals surface area contributed by atoms with Gasteiger partial charge in [-0.3, -0.25) is 0 Å². The van der Waals surface area contributed by atoms with Crippen LogP contribution in [0.4, 0.5) is 0 Å². The van der Waals surface area contributed by atoms with E-state index in [1.807, 2.05) is 19.1 Å². The van der Waals surface area contributed by atoms with Gasteiger partial charge >= 0.3 is 0 Å². The SMILES string of the molecule is CCOc1cccc(C(N)CCN(CC)CC)c1. The van der Waals surface area contributed by atoms with Crippen molar-refractivity contribution in [1.82, 2.24) is 4.90 Å². The number of nitrogens with zero attached hydrogens (tertiary/aromatic N) is 1. The molecule has 1 aromatic carbocycles. The van der Waals surface area contributed by atoms with Crippen molar-refractivity contribution in [2.45, 2.75) is 33.2 Å². The number of hydrogen-bond acceptors (Lipinski definition) is 3. The molecule has 1 aromatic rings. The summed E-state index contributed by atoms with van der Waals surface area (Å²) in [5.41, 5.74) is 7.40. The molecule has 0 aliphatic rings. The Bertz CT molecular complexity index is 337. The minimum Gasteiger partial charge on any atom is -0.494 e. The van der Waals surface area contributed by atoms with Crippen molar-refractivity contribution in [3.63, 3.8) is 0 Å². The summed E-state index contributed by atoms with van der Waals surface area (Å²) in [6.45, 7) is 10.3. The van der Waals surface area contributed by atoms with Crippen LogP contribution in [0.2, 0.25) is 0 Å². The van der Waals surface area contributed by atoms with E-state index in [0.717, 1.165) is 37.4 Å². The highest BCUT2D eigenvalue weighted by atomic mass is 16.5. The van der Waals surface area contributed by atoms with E-state index >= 15 is 0 Å². The summed E-state index contributed by atoms with van der Waals surface area (Å²) in [5, 5.41) is 0. The van der Waals surface area contributed by atoms with Crippen LogP contribution in [0, 0.1) is 0 Å². The lowest BCUT2D eigenvalue weighted by atomic mass is 10.0. The molecule has 0 saturated carbocycles. The fraction of sp³-hybridized carbons (Fsp3) is 0.600. The fourth-order valence-corrected chi connectivity index (χ4v) is 2.03. The molecule has 3 nitrogen and oxygen atoms in total. The third kappa shape index (κ3) is 4.67. The first-order chi connectivity index (χ1) is 8.71. The van der Waals surface area contributed by atoms with Gasteiger partial charge in [-0.05, 0) is 50.7 Å². The van der Waals surface area contributed by atoms with Gasteiger partial charge in [0.25, 0.3) is 0 Å². The van der Waals surface area contributed by atoms with E-state index in [0.29, 0.717) is 6.61 Å². The van der Waals surface area contributed by atoms with Gasteiger partial charge in [0.15, 0.2) is 0 Å². The van der Waals surface area contributed by atoms with Crippen molar-refractivity contribution in [2.24, 2.45) is 5.73 Å². The third-order valence-corrected chi connectivity index (χ3v) is 3.25. The molecule has 0 aliphatic carbocycles. The van der Waals surface area contributed by atoms with Crippen LogP contribution in [-0.2, 0) is 0 Å². The lowest BCUT2D eigenvalue weighted by Gasteiger charge is -2.21. The highest BCUT2D eigenvalue weighted by molar-refractivity contribution is 5.30. The maximum atomic E-state index is 6.24. The van der Waals surface area contributed by atoms with Crippen LogP contribution in [0.3, 0.4) is 0 Å². The lowest BCUT2D eigenvalue weighted by Crippen LogP contribution is -2.27. The minimum absolute atomic E-state index is 0.0889. The van der Waals surface area contributed by atoms with Crippen molar-refractivity contribution in [1.29, 1.82) is 0 Å². The predicted octanol–water partition coefficient (Wildman–Crippen LogP) is 2.82. The van der Waals surface area contributed by atoms with Crippen LogP contribution in [0.5, 0.6) is 5.75 Å². The maximum Gasteiger partial charge on any atom is 0.119 e. The first kappa shape index (κ1) is 15.0. The Balaban J connectivity index is 2.54. The van der Waals surface area contributed by atoms with Crippen LogP contribution in [0.15, 0.2) is 24.3 Å². The Morgan fingerprint density at radius 1 is 1.22 bits per heavy atom. The monoisotopic (exact) mass is 250 g/mol. The molecule has 0 fully saturated rings. The number of nitrogens with two attached hydrogens (primary N) is 1. The largest absolute Gasteiger partial charge is 0.494 e. The minimum atomic E-state index is 0.0889. The molecule has 18 heavy (non-hydrogen) atoms. The summed E-state index contributed by atoms with van der Waals surface area (Å²) in [7, 11) is 0. The maximum absolute atomic E-state index is 6.24. The van der Waals surface area contributed by atoms with Crippen LogP contribution < -0.4 is 10.5 Å². The summed E-state index contributed by atoms with van der Waals surface area (Å²) >= 11 is 0. The van der Waals surface area contributed by atoms with Gasteiger partial charge in [0.2, 0.25) is 0 Å². The zero-order chi connectivity index (χ0) is 13.4. The normalized spacial score (nSPS) is 12.7. The zero-order valence-electron chi connectivity index (χ0n) is 11.9. The number of rotatable bonds is 8. The molecular formula is C15H26N2O. The van der Waals surface area contributed by atoms with Gasteiger partial charge < -0.3 is 15.4 Å². The van der Waals surface area contributed by atoms with E-state index in [1.165, 1.54) is 0 Å². The molecule has 0 heterocycles. The van der Waals surface area contributed by atoms with Crippen LogP contribution in [0.1, 0.15) is 38.8 Å². The van der Waals surface area contributed by atoms with Gasteiger partial charge in [-0.25, -0.2) is 0 Å². The molecule has 0 aliphatic heterocycles. The molecule has 0 spiro atoms. The van der Waals surface area contributed by atoms with Gasteiger partial charge in [-0.2, -0.15) is 0 Å². The van der Waals surface area contributed by atoms with Gasteiger partial charge in [-0.1, -0.05) is 26.0 Å². The molecule has 0 amide bonds. The van der Waals surface area contributed by atoms with Crippen molar-refractivity contribution in [3.8, 4) is 5.75 Å². The second-order valence-electron chi connectivity index (χ2n) is 4.43. The van der Waals surface area contributed by atoms with E-state index < -0.39 is 0 Å². The zero-order valence-corrected chi connectivity index (χ0v) is 11.9. The summed E-state index contributed by atoms with van der Waals surface area (Å²) in [6.07, 6.45) is 0.983. The summed E-state index contributed by atoms with van der Waals surface area (Å²) in [4.78, 5) is 2.40. The van der Waals surface area contributed by atoms with E-state index in [4.69, 9.17) is 10.5 Å². The molecule has 0 aromatic heterocycles. The molecule has 102 valence electrons. The third-order valence-electron chi connectivity index (χ3n) is 3.25. The standard InChI is InChI=1S/C15H26N2O/c1-4-17(5-2)11-10-15(16)13-8-7-9-14(12-13)18-6-3/h7-9,12,15H,4-6,10-11,16H2,1-3H3. The summed E-state index contributed by atoms with van der Waals surface area (Å²) < 4.78 is 5.50. The van der Waals surface area contributed by atoms with Gasteiger partial charge in [-0.15, -0.1) is 0 Å². The van der Waals surface area contributed by atoms with Crippen molar-refractivity contribution in [2.75, 3.05) is 26.2 Å². The average molecular weight is 250 g/mol. The van der Waals surface area contributed by atoms with Crippen LogP contribution >= 0.6 is 0 Å². The van der Waals surface area contributed by atoms with E-state index in [-0.39, 0.29) is 6.04 Å². The second-order valence-corrected chi connectivity index (χ2v) is 4.43. The molecule has 1 unspecified atom stereocenters. The molecular weight excluding hydrogens is 224 g/mol. The Labute approximate surface area is 111 Å². The van der Waals surface area contributed by atoms with E-state index in [2.05, 4.69) is 30.9 Å². The van der Waals surface area contributed by atoms with E-state index in [9.17, 15) is 0 Å². The molecule has 1 atom stereocenters. The van der Waals surface area contributed by atoms with Crippen molar-refractivity contribution < 1.29 is 4.74 Å². The molecule has 0 radical (unpaired) electrons. The molecule has 3 heteroatoms. The number of benzene rings is 1. The first-order valence-electron chi connectivity index (χ1n) is 6.91. The topological polar surface area (TPSA) is 38.5 Å². The summed E-state index contributed by atoms with van der Waals surface area (Å²) in [5.74, 6) is 0.910. The van der Waals surface area contributed by atoms with Gasteiger partial charge in [0, 0.05) is 6.04 Å². The van der Waals surface area contributed by atoms with Crippen molar-refractivity contribution in [3.05, 3.63) is 29.8 Å². The molecule has 0 saturated heterocycles. The lowest BCUT2D eigenvalue weighted by molar-refractivity contribution is 0.290. The van der Waals surface area contributed by atoms with E-state index in [1.54, 1.807) is 0 Å². The van der Waals surface area contributed by atoms with Gasteiger partial charge in [0.1, 0.15) is 5.75 Å².